The van der Waals surface area contributed by atoms with Gasteiger partial charge in [0.05, 0.1) is 56.7 Å². The van der Waals surface area contributed by atoms with E-state index in [2.05, 4.69) is 42.5 Å². The number of fused-ring (bicyclic) bond motifs is 2. The third-order valence-electron chi connectivity index (χ3n) is 12.6. The predicted octanol–water partition coefficient (Wildman–Crippen LogP) is 6.30. The van der Waals surface area contributed by atoms with E-state index in [0.717, 1.165) is 29.0 Å². The fourth-order valence-corrected chi connectivity index (χ4v) is 13.7. The van der Waals surface area contributed by atoms with E-state index in [0.29, 0.717) is 42.9 Å². The molecule has 3 aliphatic heterocycles. The van der Waals surface area contributed by atoms with E-state index in [4.69, 9.17) is 9.47 Å². The van der Waals surface area contributed by atoms with Crippen LogP contribution in [-0.2, 0) is 33.0 Å². The summed E-state index contributed by atoms with van der Waals surface area (Å²) in [6, 6.07) is 30.1. The number of aromatic nitrogens is 3. The van der Waals surface area contributed by atoms with Crippen molar-refractivity contribution in [3.63, 3.8) is 0 Å². The van der Waals surface area contributed by atoms with Crippen LogP contribution in [0.3, 0.4) is 0 Å². The fourth-order valence-electron chi connectivity index (χ4n) is 9.67. The number of nitro groups is 1. The summed E-state index contributed by atoms with van der Waals surface area (Å²) in [5.74, 6) is -0.150. The second-order valence-corrected chi connectivity index (χ2v) is 20.9. The van der Waals surface area contributed by atoms with Crippen LogP contribution in [-0.4, -0.2) is 71.3 Å². The number of nitrogens with zero attached hydrogens (tertiary/aromatic N) is 6. The molecule has 4 aromatic carbocycles. The van der Waals surface area contributed by atoms with Gasteiger partial charge in [0, 0.05) is 55.0 Å². The molecule has 300 valence electrons. The quantitative estimate of drug-likeness (QED) is 0.0822. The van der Waals surface area contributed by atoms with Gasteiger partial charge in [0.2, 0.25) is 5.91 Å². The Bertz CT molecular complexity index is 2340. The molecule has 1 aromatic heterocycles. The highest BCUT2D eigenvalue weighted by atomic mass is 28.3. The molecule has 1 unspecified atom stereocenters. The first-order valence-electron chi connectivity index (χ1n) is 19.8. The summed E-state index contributed by atoms with van der Waals surface area (Å²) < 4.78 is 14.5. The minimum absolute atomic E-state index is 0.0754. The summed E-state index contributed by atoms with van der Waals surface area (Å²) in [5, 5.41) is 32.6. The molecule has 0 radical (unpaired) electrons. The van der Waals surface area contributed by atoms with Gasteiger partial charge < -0.3 is 24.4 Å². The van der Waals surface area contributed by atoms with E-state index in [1.807, 2.05) is 72.9 Å². The number of aryl methyl sites for hydroxylation is 1. The van der Waals surface area contributed by atoms with Gasteiger partial charge in [-0.3, -0.25) is 24.4 Å². The third-order valence-corrected chi connectivity index (χ3v) is 17.0. The molecule has 5 aromatic rings. The van der Waals surface area contributed by atoms with Gasteiger partial charge in [-0.1, -0.05) is 85.0 Å². The molecule has 0 bridgehead atoms. The van der Waals surface area contributed by atoms with Crippen molar-refractivity contribution in [2.45, 2.75) is 75.5 Å². The van der Waals surface area contributed by atoms with Crippen molar-refractivity contribution in [2.24, 2.45) is 5.92 Å². The number of ether oxygens (including phenoxy) is 2. The van der Waals surface area contributed by atoms with Gasteiger partial charge in [0.25, 0.3) is 11.6 Å². The molecule has 2 fully saturated rings. The average molecular weight is 801 g/mol. The molecular weight excluding hydrogens is 753 g/mol. The largest absolute Gasteiger partial charge is 0.497 e. The van der Waals surface area contributed by atoms with Crippen molar-refractivity contribution in [1.82, 2.24) is 15.0 Å². The maximum absolute atomic E-state index is 15.3. The number of hydrogen-bond donors (Lipinski definition) is 1. The molecule has 4 heterocycles. The van der Waals surface area contributed by atoms with Gasteiger partial charge in [0.15, 0.2) is 5.60 Å². The number of anilines is 2. The van der Waals surface area contributed by atoms with E-state index in [1.54, 1.807) is 27.7 Å². The van der Waals surface area contributed by atoms with Crippen LogP contribution in [0.1, 0.15) is 54.5 Å². The van der Waals surface area contributed by atoms with Gasteiger partial charge >= 0.3 is 0 Å². The van der Waals surface area contributed by atoms with Gasteiger partial charge in [-0.05, 0) is 59.8 Å². The second-order valence-electron chi connectivity index (χ2n) is 16.2. The Morgan fingerprint density at radius 3 is 2.50 bits per heavy atom. The number of non-ortho nitro benzene ring substituents is 1. The lowest BCUT2D eigenvalue weighted by Gasteiger charge is -2.37. The SMILES string of the molecule is COc1ccc([Si](C)(C)[C@H]2[C@H](CCn3cc(C(CO)c4ccccc4)nn3)O[C@@]3(C(=O)N(Cc4cccc(N5CCCC5=O)c4)c4ccc([N+](=O)[O-])cc43)[C@@H]2C)cc1. The first kappa shape index (κ1) is 39.1. The normalized spacial score (nSPS) is 22.2. The number of aliphatic hydroxyl groups excluding tert-OH is 1. The van der Waals surface area contributed by atoms with E-state index >= 15 is 4.79 Å². The second kappa shape index (κ2) is 15.6. The standard InChI is InChI=1S/C44H48N6O7Si/c1-29-42(58(3,4)35-18-16-34(56-2)17-19-35)40(21-23-47-27-38(45-46-47)36(28-51)31-11-6-5-7-12-31)57-44(29)37-25-33(50(54)55)15-20-39(37)49(43(44)53)26-30-10-8-13-32(24-30)48-22-9-14-41(48)52/h5-8,10-13,15-20,24-25,27,29,36,40,42,51H,9,14,21-23,26,28H2,1-4H3/t29-,36?,40+,42-,44+/m1/s1. The van der Waals surface area contributed by atoms with Crippen LogP contribution in [0.5, 0.6) is 5.75 Å². The lowest BCUT2D eigenvalue weighted by atomic mass is 9.82. The molecule has 1 spiro atoms. The van der Waals surface area contributed by atoms with Crippen LogP contribution >= 0.6 is 0 Å². The Morgan fingerprint density at radius 2 is 1.81 bits per heavy atom. The van der Waals surface area contributed by atoms with Crippen molar-refractivity contribution in [2.75, 3.05) is 30.1 Å². The molecule has 5 atom stereocenters. The smallest absolute Gasteiger partial charge is 0.269 e. The molecular formula is C44H48N6O7Si. The molecule has 0 saturated carbocycles. The molecule has 2 saturated heterocycles. The summed E-state index contributed by atoms with van der Waals surface area (Å²) >= 11 is 0. The van der Waals surface area contributed by atoms with Crippen molar-refractivity contribution < 1.29 is 29.1 Å². The van der Waals surface area contributed by atoms with Crippen molar-refractivity contribution in [3.05, 3.63) is 136 Å². The van der Waals surface area contributed by atoms with Crippen molar-refractivity contribution in [3.8, 4) is 5.75 Å². The average Bonchev–Trinajstić information content (AvgIpc) is 4.01. The number of aliphatic hydroxyl groups is 1. The molecule has 13 nitrogen and oxygen atoms in total. The zero-order valence-electron chi connectivity index (χ0n) is 33.2. The Labute approximate surface area is 338 Å². The zero-order valence-corrected chi connectivity index (χ0v) is 34.2. The number of methoxy groups -OCH3 is 1. The molecule has 58 heavy (non-hydrogen) atoms. The van der Waals surface area contributed by atoms with Crippen LogP contribution in [0.2, 0.25) is 18.6 Å². The molecule has 0 aliphatic carbocycles. The van der Waals surface area contributed by atoms with Crippen molar-refractivity contribution >= 4 is 42.1 Å². The van der Waals surface area contributed by atoms with Crippen LogP contribution in [0.15, 0.2) is 103 Å². The van der Waals surface area contributed by atoms with Crippen LogP contribution in [0.4, 0.5) is 17.1 Å². The molecule has 14 heteroatoms. The van der Waals surface area contributed by atoms with E-state index < -0.39 is 24.7 Å². The predicted molar refractivity (Wildman–Crippen MR) is 222 cm³/mol. The number of rotatable bonds is 13. The molecule has 8 rings (SSSR count). The highest BCUT2D eigenvalue weighted by Gasteiger charge is 2.66. The van der Waals surface area contributed by atoms with Gasteiger partial charge in [-0.25, -0.2) is 0 Å². The lowest BCUT2D eigenvalue weighted by Crippen LogP contribution is -2.51. The Balaban J connectivity index is 1.17. The molecule has 3 aliphatic rings. The Hall–Kier alpha value is -5.70. The highest BCUT2D eigenvalue weighted by molar-refractivity contribution is 6.91. The van der Waals surface area contributed by atoms with E-state index in [1.165, 1.54) is 17.3 Å². The topological polar surface area (TPSA) is 153 Å². The number of carbonyl (C=O) groups is 2. The summed E-state index contributed by atoms with van der Waals surface area (Å²) in [5.41, 5.74) is 2.54. The number of amides is 2. The first-order chi connectivity index (χ1) is 28.0. The maximum Gasteiger partial charge on any atom is 0.269 e. The van der Waals surface area contributed by atoms with E-state index in [-0.39, 0.29) is 48.0 Å². The van der Waals surface area contributed by atoms with Gasteiger partial charge in [-0.15, -0.1) is 5.10 Å². The lowest BCUT2D eigenvalue weighted by molar-refractivity contribution is -0.385. The maximum atomic E-state index is 15.3. The number of hydrogen-bond acceptors (Lipinski definition) is 9. The monoisotopic (exact) mass is 800 g/mol. The zero-order chi connectivity index (χ0) is 40.8. The fraction of sp³-hybridized carbons (Fsp3) is 0.364. The number of nitro benzene ring substituents is 1. The van der Waals surface area contributed by atoms with Crippen LogP contribution in [0.25, 0.3) is 0 Å². The minimum Gasteiger partial charge on any atom is -0.497 e. The Kier molecular flexibility index (Phi) is 10.5. The summed E-state index contributed by atoms with van der Waals surface area (Å²) in [6.07, 6.45) is 3.21. The minimum atomic E-state index is -2.52. The molecule has 1 N–H and O–H groups in total. The van der Waals surface area contributed by atoms with E-state index in [9.17, 15) is 20.0 Å². The van der Waals surface area contributed by atoms with Crippen molar-refractivity contribution in [1.29, 1.82) is 0 Å². The first-order valence-corrected chi connectivity index (χ1v) is 22.9. The number of benzene rings is 4. The van der Waals surface area contributed by atoms with Crippen LogP contribution < -0.4 is 19.7 Å². The highest BCUT2D eigenvalue weighted by Crippen LogP contribution is 2.60. The summed E-state index contributed by atoms with van der Waals surface area (Å²) in [7, 11) is -0.877. The van der Waals surface area contributed by atoms with Gasteiger partial charge in [-0.2, -0.15) is 0 Å². The van der Waals surface area contributed by atoms with Crippen LogP contribution in [0, 0.1) is 16.0 Å². The third kappa shape index (κ3) is 6.78. The molecule has 2 amide bonds. The summed E-state index contributed by atoms with van der Waals surface area (Å²) in [6.45, 7) is 7.80. The number of carbonyl (C=O) groups excluding carboxylic acids is 2. The summed E-state index contributed by atoms with van der Waals surface area (Å²) in [4.78, 5) is 43.3. The Morgan fingerprint density at radius 1 is 1.03 bits per heavy atom. The van der Waals surface area contributed by atoms with Gasteiger partial charge in [0.1, 0.15) is 5.75 Å².